The summed E-state index contributed by atoms with van der Waals surface area (Å²) < 4.78 is 31.8. The maximum absolute atomic E-state index is 12.7. The Bertz CT molecular complexity index is 874. The Hall–Kier alpha value is -1.96. The van der Waals surface area contributed by atoms with Crippen LogP contribution in [0.5, 0.6) is 5.75 Å². The number of carbonyl (C=O) groups is 1. The van der Waals surface area contributed by atoms with Gasteiger partial charge in [-0.3, -0.25) is 4.79 Å². The number of benzene rings is 1. The summed E-state index contributed by atoms with van der Waals surface area (Å²) in [5, 5.41) is 0.243. The van der Waals surface area contributed by atoms with Crippen molar-refractivity contribution in [2.24, 2.45) is 5.92 Å². The molecule has 0 unspecified atom stereocenters. The third-order valence-corrected chi connectivity index (χ3v) is 6.64. The second kappa shape index (κ2) is 7.73. The number of sulfonamides is 1. The van der Waals surface area contributed by atoms with Gasteiger partial charge in [0, 0.05) is 30.8 Å². The van der Waals surface area contributed by atoms with Gasteiger partial charge in [-0.25, -0.2) is 13.4 Å². The van der Waals surface area contributed by atoms with E-state index < -0.39 is 10.0 Å². The molecule has 0 N–H and O–H groups in total. The van der Waals surface area contributed by atoms with Crippen LogP contribution in [0.4, 0.5) is 0 Å². The SMILES string of the molecule is COc1ccc(C(=O)C2CCN(S(=O)(=O)c3ccc(Cl)nc3)CC2)cc1. The maximum atomic E-state index is 12.7. The van der Waals surface area contributed by atoms with E-state index in [-0.39, 0.29) is 21.7 Å². The van der Waals surface area contributed by atoms with Crippen molar-refractivity contribution in [3.05, 3.63) is 53.3 Å². The van der Waals surface area contributed by atoms with Crippen LogP contribution in [0, 0.1) is 5.92 Å². The fraction of sp³-hybridized carbons (Fsp3) is 0.333. The molecule has 0 bridgehead atoms. The normalized spacial score (nSPS) is 16.4. The highest BCUT2D eigenvalue weighted by Gasteiger charge is 2.32. The molecule has 0 amide bonds. The lowest BCUT2D eigenvalue weighted by Gasteiger charge is -2.30. The summed E-state index contributed by atoms with van der Waals surface area (Å²) in [4.78, 5) is 16.6. The number of hydrogen-bond donors (Lipinski definition) is 0. The van der Waals surface area contributed by atoms with Gasteiger partial charge in [-0.05, 0) is 49.2 Å². The molecule has 2 aromatic rings. The lowest BCUT2D eigenvalue weighted by molar-refractivity contribution is 0.0875. The van der Waals surface area contributed by atoms with Crippen molar-refractivity contribution in [3.8, 4) is 5.75 Å². The quantitative estimate of drug-likeness (QED) is 0.575. The number of ketones is 1. The van der Waals surface area contributed by atoms with Crippen molar-refractivity contribution in [1.82, 2.24) is 9.29 Å². The van der Waals surface area contributed by atoms with Crippen molar-refractivity contribution in [2.75, 3.05) is 20.2 Å². The van der Waals surface area contributed by atoms with Crippen molar-refractivity contribution in [1.29, 1.82) is 0 Å². The highest BCUT2D eigenvalue weighted by atomic mass is 35.5. The van der Waals surface area contributed by atoms with E-state index in [0.29, 0.717) is 37.2 Å². The van der Waals surface area contributed by atoms with Gasteiger partial charge in [-0.2, -0.15) is 4.31 Å². The number of rotatable bonds is 5. The lowest BCUT2D eigenvalue weighted by Crippen LogP contribution is -2.40. The fourth-order valence-corrected chi connectivity index (χ4v) is 4.54. The van der Waals surface area contributed by atoms with Gasteiger partial charge in [-0.1, -0.05) is 11.6 Å². The Morgan fingerprint density at radius 1 is 1.15 bits per heavy atom. The van der Waals surface area contributed by atoms with Gasteiger partial charge in [-0.15, -0.1) is 0 Å². The van der Waals surface area contributed by atoms with Crippen LogP contribution in [-0.2, 0) is 10.0 Å². The lowest BCUT2D eigenvalue weighted by atomic mass is 9.89. The van der Waals surface area contributed by atoms with Gasteiger partial charge in [0.15, 0.2) is 5.78 Å². The summed E-state index contributed by atoms with van der Waals surface area (Å²) in [5.74, 6) is 0.551. The molecular formula is C18H19ClN2O4S. The number of carbonyl (C=O) groups excluding carboxylic acids is 1. The molecule has 2 heterocycles. The zero-order valence-electron chi connectivity index (χ0n) is 14.3. The molecule has 1 fully saturated rings. The van der Waals surface area contributed by atoms with Crippen LogP contribution in [0.1, 0.15) is 23.2 Å². The van der Waals surface area contributed by atoms with E-state index in [9.17, 15) is 13.2 Å². The third-order valence-electron chi connectivity index (χ3n) is 4.54. The van der Waals surface area contributed by atoms with E-state index in [1.165, 1.54) is 22.6 Å². The molecule has 0 spiro atoms. The molecule has 8 heteroatoms. The Balaban J connectivity index is 1.66. The van der Waals surface area contributed by atoms with E-state index in [1.54, 1.807) is 31.4 Å². The summed E-state index contributed by atoms with van der Waals surface area (Å²) >= 11 is 5.71. The van der Waals surface area contributed by atoms with Crippen molar-refractivity contribution in [3.63, 3.8) is 0 Å². The third kappa shape index (κ3) is 3.90. The van der Waals surface area contributed by atoms with Crippen molar-refractivity contribution < 1.29 is 17.9 Å². The number of nitrogens with zero attached hydrogens (tertiary/aromatic N) is 2. The van der Waals surface area contributed by atoms with Crippen LogP contribution < -0.4 is 4.74 Å². The molecule has 0 radical (unpaired) electrons. The van der Waals surface area contributed by atoms with Crippen LogP contribution in [0.3, 0.4) is 0 Å². The maximum Gasteiger partial charge on any atom is 0.244 e. The molecule has 0 atom stereocenters. The first kappa shape index (κ1) is 18.8. The van der Waals surface area contributed by atoms with Crippen LogP contribution >= 0.6 is 11.6 Å². The zero-order chi connectivity index (χ0) is 18.7. The van der Waals surface area contributed by atoms with E-state index >= 15 is 0 Å². The van der Waals surface area contributed by atoms with Gasteiger partial charge >= 0.3 is 0 Å². The molecule has 6 nitrogen and oxygen atoms in total. The molecule has 3 rings (SSSR count). The number of aromatic nitrogens is 1. The van der Waals surface area contributed by atoms with E-state index in [0.717, 1.165) is 0 Å². The highest BCUT2D eigenvalue weighted by molar-refractivity contribution is 7.89. The van der Waals surface area contributed by atoms with Crippen LogP contribution in [0.25, 0.3) is 0 Å². The largest absolute Gasteiger partial charge is 0.497 e. The highest BCUT2D eigenvalue weighted by Crippen LogP contribution is 2.27. The number of hydrogen-bond acceptors (Lipinski definition) is 5. The van der Waals surface area contributed by atoms with Gasteiger partial charge < -0.3 is 4.74 Å². The summed E-state index contributed by atoms with van der Waals surface area (Å²) in [7, 11) is -2.04. The molecule has 1 aliphatic rings. The topological polar surface area (TPSA) is 76.6 Å². The number of piperidine rings is 1. The minimum atomic E-state index is -3.62. The Kier molecular flexibility index (Phi) is 5.60. The molecular weight excluding hydrogens is 376 g/mol. The van der Waals surface area contributed by atoms with Crippen molar-refractivity contribution >= 4 is 27.4 Å². The average molecular weight is 395 g/mol. The second-order valence-electron chi connectivity index (χ2n) is 6.09. The average Bonchev–Trinajstić information content (AvgIpc) is 2.68. The zero-order valence-corrected chi connectivity index (χ0v) is 15.8. The minimum absolute atomic E-state index is 0.0397. The first-order valence-electron chi connectivity index (χ1n) is 8.22. The summed E-state index contributed by atoms with van der Waals surface area (Å²) in [6, 6.07) is 9.88. The summed E-state index contributed by atoms with van der Waals surface area (Å²) in [6.07, 6.45) is 2.24. The van der Waals surface area contributed by atoms with Crippen LogP contribution in [-0.4, -0.2) is 43.7 Å². The van der Waals surface area contributed by atoms with Gasteiger partial charge in [0.25, 0.3) is 0 Å². The monoisotopic (exact) mass is 394 g/mol. The number of methoxy groups -OCH3 is 1. The Morgan fingerprint density at radius 3 is 2.35 bits per heavy atom. The van der Waals surface area contributed by atoms with Gasteiger partial charge in [0.05, 0.1) is 7.11 Å². The van der Waals surface area contributed by atoms with Gasteiger partial charge in [0.2, 0.25) is 10.0 Å². The number of pyridine rings is 1. The molecule has 138 valence electrons. The number of ether oxygens (including phenoxy) is 1. The Morgan fingerprint density at radius 2 is 1.81 bits per heavy atom. The minimum Gasteiger partial charge on any atom is -0.497 e. The smallest absolute Gasteiger partial charge is 0.244 e. The standard InChI is InChI=1S/C18H19ClN2O4S/c1-25-15-4-2-13(3-5-15)18(22)14-8-10-21(11-9-14)26(23,24)16-6-7-17(19)20-12-16/h2-7,12,14H,8-11H2,1H3. The van der Waals surface area contributed by atoms with E-state index in [1.807, 2.05) is 0 Å². The summed E-state index contributed by atoms with van der Waals surface area (Å²) in [6.45, 7) is 0.606. The first-order valence-corrected chi connectivity index (χ1v) is 10.0. The summed E-state index contributed by atoms with van der Waals surface area (Å²) in [5.41, 5.74) is 0.619. The Labute approximate surface area is 157 Å². The predicted octanol–water partition coefficient (Wildman–Crippen LogP) is 3.03. The fourth-order valence-electron chi connectivity index (χ4n) is 3.01. The van der Waals surface area contributed by atoms with Crippen molar-refractivity contribution in [2.45, 2.75) is 17.7 Å². The second-order valence-corrected chi connectivity index (χ2v) is 8.41. The number of Topliss-reactive ketones (excluding diaryl/α,β-unsaturated/α-hetero) is 1. The molecule has 26 heavy (non-hydrogen) atoms. The van der Waals surface area contributed by atoms with Gasteiger partial charge in [0.1, 0.15) is 15.8 Å². The molecule has 1 aromatic heterocycles. The number of halogens is 1. The predicted molar refractivity (Wildman–Crippen MR) is 98.1 cm³/mol. The molecule has 0 aliphatic carbocycles. The molecule has 0 saturated carbocycles. The van der Waals surface area contributed by atoms with E-state index in [2.05, 4.69) is 4.98 Å². The first-order chi connectivity index (χ1) is 12.4. The van der Waals surface area contributed by atoms with Crippen LogP contribution in [0.2, 0.25) is 5.15 Å². The molecule has 1 saturated heterocycles. The molecule has 1 aliphatic heterocycles. The molecule has 1 aromatic carbocycles. The van der Waals surface area contributed by atoms with Crippen LogP contribution in [0.15, 0.2) is 47.5 Å². The van der Waals surface area contributed by atoms with E-state index in [4.69, 9.17) is 16.3 Å².